The van der Waals surface area contributed by atoms with Crippen molar-refractivity contribution in [2.45, 2.75) is 6.42 Å². The van der Waals surface area contributed by atoms with Gasteiger partial charge in [0.2, 0.25) is 0 Å². The number of methoxy groups -OCH3 is 1. The van der Waals surface area contributed by atoms with Crippen molar-refractivity contribution in [3.63, 3.8) is 0 Å². The first-order chi connectivity index (χ1) is 13.6. The quantitative estimate of drug-likeness (QED) is 0.448. The van der Waals surface area contributed by atoms with Gasteiger partial charge >= 0.3 is 5.97 Å². The molecule has 2 aromatic carbocycles. The van der Waals surface area contributed by atoms with Gasteiger partial charge in [-0.25, -0.2) is 9.37 Å². The zero-order valence-corrected chi connectivity index (χ0v) is 16.4. The van der Waals surface area contributed by atoms with Gasteiger partial charge in [0, 0.05) is 22.3 Å². The van der Waals surface area contributed by atoms with E-state index in [1.165, 1.54) is 30.6 Å². The Labute approximate surface area is 169 Å². The average molecular weight is 416 g/mol. The van der Waals surface area contributed by atoms with E-state index in [0.29, 0.717) is 27.2 Å². The van der Waals surface area contributed by atoms with E-state index >= 15 is 0 Å². The molecule has 0 unspecified atom stereocenters. The average Bonchev–Trinajstić information content (AvgIpc) is 3.24. The highest BCUT2D eigenvalue weighted by Crippen LogP contribution is 2.37. The summed E-state index contributed by atoms with van der Waals surface area (Å²) >= 11 is 7.81. The fourth-order valence-corrected chi connectivity index (χ4v) is 4.00. The molecule has 0 aliphatic carbocycles. The van der Waals surface area contributed by atoms with E-state index in [2.05, 4.69) is 5.32 Å². The van der Waals surface area contributed by atoms with Gasteiger partial charge in [-0.15, -0.1) is 11.3 Å². The number of benzene rings is 2. The van der Waals surface area contributed by atoms with Crippen molar-refractivity contribution in [3.8, 4) is 11.3 Å². The summed E-state index contributed by atoms with van der Waals surface area (Å²) in [5, 5.41) is 5.72. The first kappa shape index (κ1) is 18.5. The Bertz CT molecular complexity index is 1150. The molecule has 5 nitrogen and oxygen atoms in total. The topological polar surface area (TPSA) is 55.6 Å². The molecular formula is C20H15ClFN3O2S. The van der Waals surface area contributed by atoms with Gasteiger partial charge < -0.3 is 10.1 Å². The minimum atomic E-state index is -0.347. The predicted octanol–water partition coefficient (Wildman–Crippen LogP) is 5.31. The van der Waals surface area contributed by atoms with Crippen LogP contribution in [0.1, 0.15) is 5.69 Å². The lowest BCUT2D eigenvalue weighted by Gasteiger charge is -2.11. The van der Waals surface area contributed by atoms with Crippen LogP contribution in [-0.4, -0.2) is 22.5 Å². The van der Waals surface area contributed by atoms with Crippen LogP contribution < -0.4 is 5.32 Å². The highest BCUT2D eigenvalue weighted by molar-refractivity contribution is 7.15. The zero-order chi connectivity index (χ0) is 19.7. The number of fused-ring (bicyclic) bond motifs is 1. The van der Waals surface area contributed by atoms with E-state index in [4.69, 9.17) is 21.3 Å². The molecule has 0 aliphatic rings. The monoisotopic (exact) mass is 415 g/mol. The summed E-state index contributed by atoms with van der Waals surface area (Å²) in [6.45, 7) is 0. The Morgan fingerprint density at radius 3 is 2.71 bits per heavy atom. The third kappa shape index (κ3) is 3.46. The Hall–Kier alpha value is -2.90. The van der Waals surface area contributed by atoms with Gasteiger partial charge in [0.25, 0.3) is 0 Å². The summed E-state index contributed by atoms with van der Waals surface area (Å²) in [6.07, 6.45) is 0.104. The molecule has 2 aromatic heterocycles. The third-order valence-electron chi connectivity index (χ3n) is 4.22. The van der Waals surface area contributed by atoms with Crippen LogP contribution in [0, 0.1) is 5.82 Å². The number of halogens is 2. The molecule has 0 saturated carbocycles. The largest absolute Gasteiger partial charge is 0.469 e. The Balaban J connectivity index is 1.89. The van der Waals surface area contributed by atoms with Crippen LogP contribution in [0.5, 0.6) is 0 Å². The number of nitrogens with zero attached hydrogens (tertiary/aromatic N) is 2. The number of anilines is 2. The molecule has 28 heavy (non-hydrogen) atoms. The molecule has 0 radical (unpaired) electrons. The van der Waals surface area contributed by atoms with E-state index in [1.807, 2.05) is 28.0 Å². The number of thiazole rings is 1. The maximum Gasteiger partial charge on any atom is 0.311 e. The van der Waals surface area contributed by atoms with Gasteiger partial charge in [0.05, 0.1) is 18.6 Å². The summed E-state index contributed by atoms with van der Waals surface area (Å²) in [7, 11) is 1.35. The fraction of sp³-hybridized carbons (Fsp3) is 0.100. The summed E-state index contributed by atoms with van der Waals surface area (Å²) in [5.41, 5.74) is 2.83. The van der Waals surface area contributed by atoms with Crippen LogP contribution in [0.4, 0.5) is 15.9 Å². The first-order valence-electron chi connectivity index (χ1n) is 8.40. The number of hydrogen-bond acceptors (Lipinski definition) is 5. The molecular weight excluding hydrogens is 401 g/mol. The van der Waals surface area contributed by atoms with Crippen LogP contribution in [0.15, 0.2) is 53.9 Å². The smallest absolute Gasteiger partial charge is 0.311 e. The summed E-state index contributed by atoms with van der Waals surface area (Å²) in [4.78, 5) is 17.3. The Morgan fingerprint density at radius 1 is 1.25 bits per heavy atom. The molecule has 0 atom stereocenters. The van der Waals surface area contributed by atoms with Crippen LogP contribution in [0.2, 0.25) is 5.02 Å². The second-order valence-corrected chi connectivity index (χ2v) is 7.26. The summed E-state index contributed by atoms with van der Waals surface area (Å²) in [5.74, 6) is -0.0208. The number of nitrogens with one attached hydrogen (secondary N) is 1. The molecule has 0 spiro atoms. The lowest BCUT2D eigenvalue weighted by molar-refractivity contribution is -0.139. The number of esters is 1. The second kappa shape index (κ2) is 7.61. The number of rotatable bonds is 5. The number of ether oxygens (including phenoxy) is 1. The molecule has 0 amide bonds. The van der Waals surface area contributed by atoms with Gasteiger partial charge in [0.1, 0.15) is 17.3 Å². The van der Waals surface area contributed by atoms with E-state index in [-0.39, 0.29) is 18.2 Å². The second-order valence-electron chi connectivity index (χ2n) is 6.02. The van der Waals surface area contributed by atoms with E-state index in [1.54, 1.807) is 18.2 Å². The summed E-state index contributed by atoms with van der Waals surface area (Å²) < 4.78 is 20.0. The standard InChI is InChI=1S/C20H15ClFN3O2S/c1-27-17(26)10-14-11-28-20-24-18(15-4-2-3-5-16(15)21)19(25(14)20)23-13-8-6-12(22)7-9-13/h2-9,11,23H,10H2,1H3. The van der Waals surface area contributed by atoms with Crippen LogP contribution in [0.3, 0.4) is 0 Å². The van der Waals surface area contributed by atoms with Gasteiger partial charge in [-0.3, -0.25) is 9.20 Å². The molecule has 0 bridgehead atoms. The van der Waals surface area contributed by atoms with Crippen molar-refractivity contribution in [1.29, 1.82) is 0 Å². The van der Waals surface area contributed by atoms with E-state index in [9.17, 15) is 9.18 Å². The zero-order valence-electron chi connectivity index (χ0n) is 14.8. The molecule has 8 heteroatoms. The number of hydrogen-bond donors (Lipinski definition) is 1. The highest BCUT2D eigenvalue weighted by atomic mass is 35.5. The van der Waals surface area contributed by atoms with Crippen molar-refractivity contribution in [3.05, 3.63) is 70.4 Å². The lowest BCUT2D eigenvalue weighted by Crippen LogP contribution is -2.07. The molecule has 4 aromatic rings. The van der Waals surface area contributed by atoms with Crippen LogP contribution in [0.25, 0.3) is 16.2 Å². The Morgan fingerprint density at radius 2 is 2.00 bits per heavy atom. The summed E-state index contributed by atoms with van der Waals surface area (Å²) in [6, 6.07) is 13.4. The van der Waals surface area contributed by atoms with Gasteiger partial charge in [0.15, 0.2) is 4.96 Å². The number of imidazole rings is 1. The van der Waals surface area contributed by atoms with Crippen molar-refractivity contribution in [2.24, 2.45) is 0 Å². The molecule has 0 aliphatic heterocycles. The first-order valence-corrected chi connectivity index (χ1v) is 9.65. The van der Waals surface area contributed by atoms with Crippen molar-refractivity contribution >= 4 is 45.4 Å². The molecule has 2 heterocycles. The maximum absolute atomic E-state index is 13.3. The SMILES string of the molecule is COC(=O)Cc1csc2nc(-c3ccccc3Cl)c(Nc3ccc(F)cc3)n12. The molecule has 1 N–H and O–H groups in total. The normalized spacial score (nSPS) is 11.0. The van der Waals surface area contributed by atoms with Gasteiger partial charge in [-0.2, -0.15) is 0 Å². The predicted molar refractivity (Wildman–Crippen MR) is 109 cm³/mol. The van der Waals surface area contributed by atoms with E-state index in [0.717, 1.165) is 11.3 Å². The van der Waals surface area contributed by atoms with Gasteiger partial charge in [-0.05, 0) is 30.3 Å². The van der Waals surface area contributed by atoms with Crippen molar-refractivity contribution in [2.75, 3.05) is 12.4 Å². The Kier molecular flexibility index (Phi) is 5.02. The van der Waals surface area contributed by atoms with E-state index < -0.39 is 0 Å². The van der Waals surface area contributed by atoms with Crippen molar-refractivity contribution in [1.82, 2.24) is 9.38 Å². The molecule has 0 saturated heterocycles. The minimum Gasteiger partial charge on any atom is -0.469 e. The highest BCUT2D eigenvalue weighted by Gasteiger charge is 2.21. The fourth-order valence-electron chi connectivity index (χ4n) is 2.89. The number of carbonyl (C=O) groups excluding carboxylic acids is 1. The number of carbonyl (C=O) groups is 1. The van der Waals surface area contributed by atoms with Crippen LogP contribution in [-0.2, 0) is 16.0 Å². The molecule has 142 valence electrons. The lowest BCUT2D eigenvalue weighted by atomic mass is 10.1. The van der Waals surface area contributed by atoms with Crippen molar-refractivity contribution < 1.29 is 13.9 Å². The third-order valence-corrected chi connectivity index (χ3v) is 5.43. The van der Waals surface area contributed by atoms with Crippen LogP contribution >= 0.6 is 22.9 Å². The maximum atomic E-state index is 13.3. The number of aromatic nitrogens is 2. The molecule has 0 fully saturated rings. The minimum absolute atomic E-state index is 0.104. The molecule has 4 rings (SSSR count). The van der Waals surface area contributed by atoms with Gasteiger partial charge in [-0.1, -0.05) is 29.8 Å².